The fraction of sp³-hybridized carbons (Fsp3) is 0.364. The lowest BCUT2D eigenvalue weighted by molar-refractivity contribution is 0.0724. The van der Waals surface area contributed by atoms with Crippen LogP contribution >= 0.6 is 12.2 Å². The zero-order chi connectivity index (χ0) is 19.2. The SMILES string of the molecule is Cc1ccccc1C(C)NC(=S)Nc1ccc(C(=O)N2CCCCC2)cc1. The standard InChI is InChI=1S/C22H27N3OS/c1-16-8-4-5-9-20(16)17(2)23-22(27)24-19-12-10-18(11-13-19)21(26)25-14-6-3-7-15-25/h4-5,8-13,17H,3,6-7,14-15H2,1-2H3,(H2,23,24,27). The van der Waals surface area contributed by atoms with Gasteiger partial charge in [-0.25, -0.2) is 0 Å². The Bertz CT molecular complexity index is 797. The maximum atomic E-state index is 12.5. The van der Waals surface area contributed by atoms with Crippen molar-refractivity contribution in [2.75, 3.05) is 18.4 Å². The van der Waals surface area contributed by atoms with E-state index < -0.39 is 0 Å². The van der Waals surface area contributed by atoms with Crippen molar-refractivity contribution in [3.8, 4) is 0 Å². The average Bonchev–Trinajstić information content (AvgIpc) is 2.69. The van der Waals surface area contributed by atoms with Crippen molar-refractivity contribution in [2.24, 2.45) is 0 Å². The molecule has 5 heteroatoms. The van der Waals surface area contributed by atoms with Crippen LogP contribution in [0.2, 0.25) is 0 Å². The summed E-state index contributed by atoms with van der Waals surface area (Å²) in [7, 11) is 0. The van der Waals surface area contributed by atoms with E-state index in [-0.39, 0.29) is 11.9 Å². The minimum absolute atomic E-state index is 0.117. The molecule has 1 atom stereocenters. The quantitative estimate of drug-likeness (QED) is 0.756. The number of anilines is 1. The molecule has 1 amide bonds. The molecule has 1 unspecified atom stereocenters. The number of piperidine rings is 1. The van der Waals surface area contributed by atoms with Gasteiger partial charge in [-0.15, -0.1) is 0 Å². The van der Waals surface area contributed by atoms with E-state index in [1.54, 1.807) is 0 Å². The number of hydrogen-bond acceptors (Lipinski definition) is 2. The van der Waals surface area contributed by atoms with Crippen molar-refractivity contribution in [1.82, 2.24) is 10.2 Å². The fourth-order valence-electron chi connectivity index (χ4n) is 3.49. The van der Waals surface area contributed by atoms with Crippen molar-refractivity contribution in [3.63, 3.8) is 0 Å². The number of nitrogens with one attached hydrogen (secondary N) is 2. The molecular formula is C22H27N3OS. The van der Waals surface area contributed by atoms with Crippen LogP contribution in [0.4, 0.5) is 5.69 Å². The molecule has 1 aliphatic heterocycles. The molecule has 1 aliphatic rings. The van der Waals surface area contributed by atoms with Crippen LogP contribution in [0.1, 0.15) is 53.7 Å². The van der Waals surface area contributed by atoms with Crippen molar-refractivity contribution in [1.29, 1.82) is 0 Å². The lowest BCUT2D eigenvalue weighted by atomic mass is 10.0. The summed E-state index contributed by atoms with van der Waals surface area (Å²) in [5.41, 5.74) is 4.07. The monoisotopic (exact) mass is 381 g/mol. The largest absolute Gasteiger partial charge is 0.356 e. The normalized spacial score (nSPS) is 15.1. The zero-order valence-corrected chi connectivity index (χ0v) is 16.8. The molecule has 0 radical (unpaired) electrons. The third-order valence-corrected chi connectivity index (χ3v) is 5.26. The molecule has 0 saturated carbocycles. The van der Waals surface area contributed by atoms with Crippen LogP contribution in [0.5, 0.6) is 0 Å². The molecule has 27 heavy (non-hydrogen) atoms. The maximum Gasteiger partial charge on any atom is 0.253 e. The summed E-state index contributed by atoms with van der Waals surface area (Å²) in [6.45, 7) is 5.92. The third-order valence-electron chi connectivity index (χ3n) is 5.04. The number of amides is 1. The number of carbonyl (C=O) groups excluding carboxylic acids is 1. The summed E-state index contributed by atoms with van der Waals surface area (Å²) in [4.78, 5) is 14.5. The number of aryl methyl sites for hydroxylation is 1. The Labute approximate surface area is 167 Å². The van der Waals surface area contributed by atoms with E-state index in [0.29, 0.717) is 5.11 Å². The number of likely N-dealkylation sites (tertiary alicyclic amines) is 1. The van der Waals surface area contributed by atoms with Gasteiger partial charge < -0.3 is 15.5 Å². The molecule has 1 heterocycles. The van der Waals surface area contributed by atoms with Gasteiger partial charge in [-0.2, -0.15) is 0 Å². The van der Waals surface area contributed by atoms with Gasteiger partial charge in [0.15, 0.2) is 5.11 Å². The van der Waals surface area contributed by atoms with E-state index in [2.05, 4.69) is 36.6 Å². The van der Waals surface area contributed by atoms with Gasteiger partial charge >= 0.3 is 0 Å². The van der Waals surface area contributed by atoms with E-state index in [1.807, 2.05) is 41.3 Å². The minimum Gasteiger partial charge on any atom is -0.356 e. The van der Waals surface area contributed by atoms with Crippen LogP contribution < -0.4 is 10.6 Å². The van der Waals surface area contributed by atoms with Crippen molar-refractivity contribution in [2.45, 2.75) is 39.2 Å². The Kier molecular flexibility index (Phi) is 6.45. The highest BCUT2D eigenvalue weighted by Gasteiger charge is 2.18. The number of thiocarbonyl (C=S) groups is 1. The topological polar surface area (TPSA) is 44.4 Å². The number of benzene rings is 2. The van der Waals surface area contributed by atoms with Crippen LogP contribution in [0.15, 0.2) is 48.5 Å². The molecule has 4 nitrogen and oxygen atoms in total. The van der Waals surface area contributed by atoms with Gasteiger partial charge in [0.1, 0.15) is 0 Å². The van der Waals surface area contributed by atoms with E-state index in [9.17, 15) is 4.79 Å². The Morgan fingerprint density at radius 2 is 1.70 bits per heavy atom. The molecule has 1 fully saturated rings. The Hall–Kier alpha value is -2.40. The van der Waals surface area contributed by atoms with E-state index in [0.717, 1.165) is 37.2 Å². The second-order valence-electron chi connectivity index (χ2n) is 7.11. The number of rotatable bonds is 4. The fourth-order valence-corrected chi connectivity index (χ4v) is 3.78. The number of carbonyl (C=O) groups is 1. The number of hydrogen-bond donors (Lipinski definition) is 2. The van der Waals surface area contributed by atoms with Gasteiger partial charge in [0.05, 0.1) is 6.04 Å². The van der Waals surface area contributed by atoms with Crippen molar-refractivity contribution >= 4 is 28.9 Å². The highest BCUT2D eigenvalue weighted by atomic mass is 32.1. The lowest BCUT2D eigenvalue weighted by Crippen LogP contribution is -2.35. The Morgan fingerprint density at radius 1 is 1.04 bits per heavy atom. The molecule has 2 N–H and O–H groups in total. The summed E-state index contributed by atoms with van der Waals surface area (Å²) in [6, 6.07) is 15.9. The van der Waals surface area contributed by atoms with E-state index >= 15 is 0 Å². The van der Waals surface area contributed by atoms with Gasteiger partial charge in [-0.1, -0.05) is 24.3 Å². The van der Waals surface area contributed by atoms with Crippen LogP contribution in [-0.4, -0.2) is 29.0 Å². The second kappa shape index (κ2) is 9.00. The van der Waals surface area contributed by atoms with E-state index in [1.165, 1.54) is 17.5 Å². The third kappa shape index (κ3) is 5.07. The first-order valence-corrected chi connectivity index (χ1v) is 9.98. The van der Waals surface area contributed by atoms with Crippen molar-refractivity contribution < 1.29 is 4.79 Å². The first-order valence-electron chi connectivity index (χ1n) is 9.57. The van der Waals surface area contributed by atoms with Gasteiger partial charge in [0.25, 0.3) is 5.91 Å². The molecule has 3 rings (SSSR count). The highest BCUT2D eigenvalue weighted by molar-refractivity contribution is 7.80. The smallest absolute Gasteiger partial charge is 0.253 e. The minimum atomic E-state index is 0.117. The summed E-state index contributed by atoms with van der Waals surface area (Å²) >= 11 is 5.44. The zero-order valence-electron chi connectivity index (χ0n) is 16.0. The molecule has 2 aromatic carbocycles. The molecular weight excluding hydrogens is 354 g/mol. The molecule has 1 saturated heterocycles. The first-order chi connectivity index (χ1) is 13.0. The molecule has 0 bridgehead atoms. The Balaban J connectivity index is 1.57. The van der Waals surface area contributed by atoms with Gasteiger partial charge in [-0.3, -0.25) is 4.79 Å². The summed E-state index contributed by atoms with van der Waals surface area (Å²) in [5, 5.41) is 7.09. The van der Waals surface area contributed by atoms with Crippen molar-refractivity contribution in [3.05, 3.63) is 65.2 Å². The van der Waals surface area contributed by atoms with Gasteiger partial charge in [-0.05, 0) is 80.7 Å². The van der Waals surface area contributed by atoms with Crippen LogP contribution in [-0.2, 0) is 0 Å². The maximum absolute atomic E-state index is 12.5. The second-order valence-corrected chi connectivity index (χ2v) is 7.52. The van der Waals surface area contributed by atoms with Gasteiger partial charge in [0, 0.05) is 24.3 Å². The van der Waals surface area contributed by atoms with Crippen LogP contribution in [0.3, 0.4) is 0 Å². The predicted molar refractivity (Wildman–Crippen MR) is 115 cm³/mol. The molecule has 142 valence electrons. The highest BCUT2D eigenvalue weighted by Crippen LogP contribution is 2.18. The number of nitrogens with zero attached hydrogens (tertiary/aromatic N) is 1. The first kappa shape index (κ1) is 19.4. The molecule has 0 aromatic heterocycles. The molecule has 2 aromatic rings. The van der Waals surface area contributed by atoms with Crippen LogP contribution in [0.25, 0.3) is 0 Å². The Morgan fingerprint density at radius 3 is 2.37 bits per heavy atom. The molecule has 0 aliphatic carbocycles. The molecule has 0 spiro atoms. The lowest BCUT2D eigenvalue weighted by Gasteiger charge is -2.26. The summed E-state index contributed by atoms with van der Waals surface area (Å²) < 4.78 is 0. The van der Waals surface area contributed by atoms with Gasteiger partial charge in [0.2, 0.25) is 0 Å². The average molecular weight is 382 g/mol. The predicted octanol–water partition coefficient (Wildman–Crippen LogP) is 4.67. The van der Waals surface area contributed by atoms with E-state index in [4.69, 9.17) is 12.2 Å². The summed E-state index contributed by atoms with van der Waals surface area (Å²) in [6.07, 6.45) is 3.42. The van der Waals surface area contributed by atoms with Crippen LogP contribution in [0, 0.1) is 6.92 Å². The summed E-state index contributed by atoms with van der Waals surface area (Å²) in [5.74, 6) is 0.120.